The minimum atomic E-state index is -0.600. The van der Waals surface area contributed by atoms with Crippen LogP contribution in [0.25, 0.3) is 0 Å². The fraction of sp³-hybridized carbons (Fsp3) is 0.111. The highest BCUT2D eigenvalue weighted by atomic mass is 35.5. The molecular formula is C18H15ClN2O4. The molecule has 0 fully saturated rings. The molecule has 3 N–H and O–H groups in total. The van der Waals surface area contributed by atoms with Crippen LogP contribution in [0.3, 0.4) is 0 Å². The van der Waals surface area contributed by atoms with Crippen molar-refractivity contribution >= 4 is 28.7 Å². The number of phenolic OH excluding ortho intramolecular Hbond substituents is 1. The molecule has 6 nitrogen and oxygen atoms in total. The summed E-state index contributed by atoms with van der Waals surface area (Å²) < 4.78 is 5.16. The van der Waals surface area contributed by atoms with Gasteiger partial charge in [0.05, 0.1) is 12.1 Å². The van der Waals surface area contributed by atoms with Crippen LogP contribution in [0.1, 0.15) is 5.56 Å². The van der Waals surface area contributed by atoms with Gasteiger partial charge in [-0.25, -0.2) is 0 Å². The average molecular weight is 359 g/mol. The Hall–Kier alpha value is -2.99. The summed E-state index contributed by atoms with van der Waals surface area (Å²) in [4.78, 5) is 23.7. The number of halogens is 1. The Balaban J connectivity index is 1.77. The molecular weight excluding hydrogens is 344 g/mol. The van der Waals surface area contributed by atoms with E-state index in [0.717, 1.165) is 5.56 Å². The Morgan fingerprint density at radius 1 is 1.08 bits per heavy atom. The summed E-state index contributed by atoms with van der Waals surface area (Å²) in [5, 5.41) is 15.4. The van der Waals surface area contributed by atoms with Crippen LogP contribution >= 0.6 is 11.6 Å². The number of nitrogens with one attached hydrogen (secondary N) is 2. The van der Waals surface area contributed by atoms with Crippen molar-refractivity contribution < 1.29 is 9.84 Å². The summed E-state index contributed by atoms with van der Waals surface area (Å²) >= 11 is 5.84. The minimum Gasteiger partial charge on any atom is -0.506 e. The number of phenols is 1. The van der Waals surface area contributed by atoms with Gasteiger partial charge >= 0.3 is 0 Å². The number of rotatable bonds is 6. The molecule has 0 spiro atoms. The number of methoxy groups -OCH3 is 1. The lowest BCUT2D eigenvalue weighted by atomic mass is 10.1. The van der Waals surface area contributed by atoms with Crippen molar-refractivity contribution in [3.8, 4) is 11.5 Å². The summed E-state index contributed by atoms with van der Waals surface area (Å²) in [6.45, 7) is 0.368. The van der Waals surface area contributed by atoms with Gasteiger partial charge in [0.2, 0.25) is 0 Å². The molecule has 0 unspecified atom stereocenters. The Kier molecular flexibility index (Phi) is 4.63. The van der Waals surface area contributed by atoms with Crippen molar-refractivity contribution in [2.75, 3.05) is 17.7 Å². The summed E-state index contributed by atoms with van der Waals surface area (Å²) in [5.74, 6) is 0.648. The van der Waals surface area contributed by atoms with Crippen molar-refractivity contribution in [1.29, 1.82) is 0 Å². The summed E-state index contributed by atoms with van der Waals surface area (Å²) in [7, 11) is 1.58. The molecule has 0 aliphatic heterocycles. The first-order valence-corrected chi connectivity index (χ1v) is 7.83. The van der Waals surface area contributed by atoms with Crippen LogP contribution in [0, 0.1) is 0 Å². The van der Waals surface area contributed by atoms with Crippen LogP contribution in [-0.4, -0.2) is 12.2 Å². The van der Waals surface area contributed by atoms with Gasteiger partial charge < -0.3 is 20.5 Å². The second kappa shape index (κ2) is 6.86. The van der Waals surface area contributed by atoms with E-state index in [0.29, 0.717) is 18.0 Å². The molecule has 0 saturated carbocycles. The number of hydrogen-bond acceptors (Lipinski definition) is 6. The van der Waals surface area contributed by atoms with Gasteiger partial charge in [0.1, 0.15) is 22.9 Å². The van der Waals surface area contributed by atoms with Gasteiger partial charge in [0.15, 0.2) is 0 Å². The van der Waals surface area contributed by atoms with Crippen LogP contribution in [0.2, 0.25) is 5.02 Å². The third kappa shape index (κ3) is 3.44. The Labute approximate surface area is 148 Å². The molecule has 0 atom stereocenters. The van der Waals surface area contributed by atoms with Gasteiger partial charge in [-0.05, 0) is 35.9 Å². The van der Waals surface area contributed by atoms with E-state index in [1.807, 2.05) is 24.3 Å². The van der Waals surface area contributed by atoms with Crippen molar-refractivity contribution in [1.82, 2.24) is 0 Å². The van der Waals surface area contributed by atoms with Gasteiger partial charge in [-0.2, -0.15) is 0 Å². The van der Waals surface area contributed by atoms with E-state index in [4.69, 9.17) is 16.3 Å². The predicted molar refractivity (Wildman–Crippen MR) is 98.1 cm³/mol. The molecule has 0 heterocycles. The molecule has 3 aromatic rings. The smallest absolute Gasteiger partial charge is 0.253 e. The number of benzene rings is 2. The quantitative estimate of drug-likeness (QED) is 0.464. The average Bonchev–Trinajstić information content (AvgIpc) is 2.63. The molecule has 25 heavy (non-hydrogen) atoms. The zero-order chi connectivity index (χ0) is 18.0. The van der Waals surface area contributed by atoms with E-state index in [1.54, 1.807) is 13.2 Å². The number of hydrogen-bond donors (Lipinski definition) is 3. The second-order valence-electron chi connectivity index (χ2n) is 5.40. The first-order chi connectivity index (χ1) is 12.0. The molecule has 0 amide bonds. The SMILES string of the molecule is COc1cccc(CNc2c(Nc3ccc(O)c(Cl)c3)c(=O)c2=O)c1. The fourth-order valence-electron chi connectivity index (χ4n) is 2.38. The normalized spacial score (nSPS) is 10.6. The van der Waals surface area contributed by atoms with Crippen LogP contribution in [0.5, 0.6) is 11.5 Å². The molecule has 3 rings (SSSR count). The van der Waals surface area contributed by atoms with E-state index in [9.17, 15) is 14.7 Å². The summed E-state index contributed by atoms with van der Waals surface area (Å²) in [6, 6.07) is 11.8. The molecule has 3 aromatic carbocycles. The highest BCUT2D eigenvalue weighted by Crippen LogP contribution is 2.29. The highest BCUT2D eigenvalue weighted by molar-refractivity contribution is 6.32. The lowest BCUT2D eigenvalue weighted by Crippen LogP contribution is -2.36. The van der Waals surface area contributed by atoms with E-state index < -0.39 is 10.9 Å². The van der Waals surface area contributed by atoms with Gasteiger partial charge in [-0.3, -0.25) is 9.59 Å². The van der Waals surface area contributed by atoms with Crippen molar-refractivity contribution in [2.24, 2.45) is 0 Å². The second-order valence-corrected chi connectivity index (χ2v) is 5.81. The monoisotopic (exact) mass is 358 g/mol. The van der Waals surface area contributed by atoms with E-state index >= 15 is 0 Å². The van der Waals surface area contributed by atoms with Crippen LogP contribution in [0.15, 0.2) is 52.1 Å². The van der Waals surface area contributed by atoms with Gasteiger partial charge in [-0.15, -0.1) is 0 Å². The molecule has 0 radical (unpaired) electrons. The van der Waals surface area contributed by atoms with Crippen LogP contribution < -0.4 is 26.2 Å². The molecule has 0 aromatic heterocycles. The maximum atomic E-state index is 11.8. The zero-order valence-corrected chi connectivity index (χ0v) is 14.1. The molecule has 0 aliphatic carbocycles. The first kappa shape index (κ1) is 16.9. The fourth-order valence-corrected chi connectivity index (χ4v) is 2.56. The molecule has 0 aliphatic rings. The first-order valence-electron chi connectivity index (χ1n) is 7.45. The zero-order valence-electron chi connectivity index (χ0n) is 13.3. The largest absolute Gasteiger partial charge is 0.506 e. The number of aromatic hydroxyl groups is 1. The Bertz CT molecular complexity index is 993. The van der Waals surface area contributed by atoms with Gasteiger partial charge in [0.25, 0.3) is 10.9 Å². The number of ether oxygens (including phenoxy) is 1. The Morgan fingerprint density at radius 3 is 2.56 bits per heavy atom. The molecule has 0 bridgehead atoms. The van der Waals surface area contributed by atoms with Crippen molar-refractivity contribution in [3.05, 3.63) is 73.5 Å². The maximum absolute atomic E-state index is 11.8. The number of anilines is 3. The van der Waals surface area contributed by atoms with E-state index in [-0.39, 0.29) is 22.1 Å². The summed E-state index contributed by atoms with van der Waals surface area (Å²) in [5.41, 5.74) is 0.629. The van der Waals surface area contributed by atoms with Crippen LogP contribution in [0.4, 0.5) is 17.1 Å². The predicted octanol–water partition coefficient (Wildman–Crippen LogP) is 3.01. The standard InChI is InChI=1S/C18H15ClN2O4/c1-25-12-4-2-3-10(7-12)9-20-15-16(18(24)17(15)23)21-11-5-6-14(22)13(19)8-11/h2-8,20-22H,9H2,1H3. The van der Waals surface area contributed by atoms with Crippen molar-refractivity contribution in [3.63, 3.8) is 0 Å². The topological polar surface area (TPSA) is 87.7 Å². The lowest BCUT2D eigenvalue weighted by molar-refractivity contribution is 0.414. The molecule has 7 heteroatoms. The van der Waals surface area contributed by atoms with E-state index in [1.165, 1.54) is 12.1 Å². The third-order valence-electron chi connectivity index (χ3n) is 3.73. The molecule has 128 valence electrons. The third-order valence-corrected chi connectivity index (χ3v) is 4.03. The minimum absolute atomic E-state index is 0.0615. The van der Waals surface area contributed by atoms with Crippen LogP contribution in [-0.2, 0) is 6.54 Å². The summed E-state index contributed by atoms with van der Waals surface area (Å²) in [6.07, 6.45) is 0. The van der Waals surface area contributed by atoms with Gasteiger partial charge in [-0.1, -0.05) is 23.7 Å². The van der Waals surface area contributed by atoms with Crippen molar-refractivity contribution in [2.45, 2.75) is 6.54 Å². The Morgan fingerprint density at radius 2 is 1.84 bits per heavy atom. The van der Waals surface area contributed by atoms with E-state index in [2.05, 4.69) is 10.6 Å². The van der Waals surface area contributed by atoms with Gasteiger partial charge in [0, 0.05) is 12.2 Å². The molecule has 0 saturated heterocycles. The maximum Gasteiger partial charge on any atom is 0.253 e. The lowest BCUT2D eigenvalue weighted by Gasteiger charge is -2.15. The highest BCUT2D eigenvalue weighted by Gasteiger charge is 2.21.